The number of para-hydroxylation sites is 1. The van der Waals surface area contributed by atoms with Gasteiger partial charge in [-0.15, -0.1) is 0 Å². The molecule has 4 N–H and O–H groups in total. The first-order valence-corrected chi connectivity index (χ1v) is 8.92. The van der Waals surface area contributed by atoms with Crippen molar-refractivity contribution in [3.05, 3.63) is 30.0 Å². The number of fused-ring (bicyclic) bond motifs is 1. The van der Waals surface area contributed by atoms with Crippen LogP contribution in [0.5, 0.6) is 0 Å². The lowest BCUT2D eigenvalue weighted by atomic mass is 9.86. The van der Waals surface area contributed by atoms with E-state index in [1.165, 1.54) is 0 Å². The summed E-state index contributed by atoms with van der Waals surface area (Å²) in [7, 11) is 0. The Balaban J connectivity index is 2.28. The monoisotopic (exact) mass is 360 g/mol. The lowest BCUT2D eigenvalue weighted by molar-refractivity contribution is -0.122. The molecule has 2 aromatic rings. The number of aliphatic hydroxyl groups is 1. The molecule has 7 nitrogen and oxygen atoms in total. The summed E-state index contributed by atoms with van der Waals surface area (Å²) in [6.07, 6.45) is 2.50. The van der Waals surface area contributed by atoms with Gasteiger partial charge in [-0.1, -0.05) is 39.0 Å². The molecule has 0 bridgehead atoms. The van der Waals surface area contributed by atoms with Gasteiger partial charge in [-0.25, -0.2) is 0 Å². The van der Waals surface area contributed by atoms with Gasteiger partial charge in [-0.3, -0.25) is 14.3 Å². The number of rotatable bonds is 8. The molecule has 1 heterocycles. The summed E-state index contributed by atoms with van der Waals surface area (Å²) >= 11 is 0. The maximum atomic E-state index is 12.8. The first kappa shape index (κ1) is 19.9. The first-order valence-electron chi connectivity index (χ1n) is 8.92. The molecule has 0 fully saturated rings. The second kappa shape index (κ2) is 8.31. The maximum Gasteiger partial charge on any atom is 0.273 e. The normalized spacial score (nSPS) is 12.9. The Bertz CT molecular complexity index is 777. The van der Waals surface area contributed by atoms with Gasteiger partial charge in [0.2, 0.25) is 5.91 Å². The van der Waals surface area contributed by atoms with E-state index in [9.17, 15) is 9.59 Å². The van der Waals surface area contributed by atoms with Crippen LogP contribution in [0.3, 0.4) is 0 Å². The van der Waals surface area contributed by atoms with Crippen LogP contribution >= 0.6 is 0 Å². The Hall–Kier alpha value is -2.41. The van der Waals surface area contributed by atoms with E-state index >= 15 is 0 Å². The highest BCUT2D eigenvalue weighted by molar-refractivity contribution is 6.06. The zero-order chi connectivity index (χ0) is 19.3. The first-order chi connectivity index (χ1) is 12.3. The Morgan fingerprint density at radius 1 is 1.23 bits per heavy atom. The van der Waals surface area contributed by atoms with E-state index in [4.69, 9.17) is 10.8 Å². The number of hydrogen-bond acceptors (Lipinski definition) is 4. The quantitative estimate of drug-likeness (QED) is 0.624. The molecule has 0 spiro atoms. The topological polar surface area (TPSA) is 110 Å². The standard InChI is InChI=1S/C19H28N4O3/c1-19(2,3)16(17(20)25)21-18(26)15-13-9-5-6-10-14(13)23(22-15)11-7-4-8-12-24/h5-6,9-10,16,24H,4,7-8,11-12H2,1-3H3,(H2,20,25)(H,21,26). The van der Waals surface area contributed by atoms with Crippen LogP contribution in [0.25, 0.3) is 10.9 Å². The van der Waals surface area contributed by atoms with Crippen molar-refractivity contribution >= 4 is 22.7 Å². The number of carbonyl (C=O) groups is 2. The van der Waals surface area contributed by atoms with E-state index in [2.05, 4.69) is 10.4 Å². The van der Waals surface area contributed by atoms with Gasteiger partial charge in [-0.2, -0.15) is 5.10 Å². The van der Waals surface area contributed by atoms with Crippen molar-refractivity contribution in [1.29, 1.82) is 0 Å². The summed E-state index contributed by atoms with van der Waals surface area (Å²) < 4.78 is 1.80. The number of carbonyl (C=O) groups excluding carboxylic acids is 2. The number of nitrogens with zero attached hydrogens (tertiary/aromatic N) is 2. The van der Waals surface area contributed by atoms with Crippen LogP contribution in [0.1, 0.15) is 50.5 Å². The van der Waals surface area contributed by atoms with E-state index in [1.54, 1.807) is 4.68 Å². The third kappa shape index (κ3) is 4.60. The van der Waals surface area contributed by atoms with Gasteiger partial charge >= 0.3 is 0 Å². The van der Waals surface area contributed by atoms with Crippen LogP contribution in [-0.4, -0.2) is 39.4 Å². The van der Waals surface area contributed by atoms with E-state index in [0.29, 0.717) is 12.2 Å². The average molecular weight is 360 g/mol. The molecule has 1 aromatic heterocycles. The van der Waals surface area contributed by atoms with Crippen LogP contribution in [0, 0.1) is 5.41 Å². The summed E-state index contributed by atoms with van der Waals surface area (Å²) in [4.78, 5) is 24.5. The predicted molar refractivity (Wildman–Crippen MR) is 101 cm³/mol. The van der Waals surface area contributed by atoms with Crippen molar-refractivity contribution in [3.8, 4) is 0 Å². The summed E-state index contributed by atoms with van der Waals surface area (Å²) in [5, 5.41) is 16.8. The minimum atomic E-state index is -0.788. The molecular weight excluding hydrogens is 332 g/mol. The number of primary amides is 1. The molecule has 26 heavy (non-hydrogen) atoms. The van der Waals surface area contributed by atoms with Gasteiger partial charge in [0.1, 0.15) is 6.04 Å². The van der Waals surface area contributed by atoms with E-state index in [1.807, 2.05) is 45.0 Å². The van der Waals surface area contributed by atoms with Gasteiger partial charge in [0.25, 0.3) is 5.91 Å². The smallest absolute Gasteiger partial charge is 0.273 e. The summed E-state index contributed by atoms with van der Waals surface area (Å²) in [5.74, 6) is -0.979. The lowest BCUT2D eigenvalue weighted by Crippen LogP contribution is -2.52. The highest BCUT2D eigenvalue weighted by atomic mass is 16.3. The SMILES string of the molecule is CC(C)(C)C(NC(=O)c1nn(CCCCCO)c2ccccc12)C(N)=O. The number of nitrogens with two attached hydrogens (primary N) is 1. The van der Waals surface area contributed by atoms with E-state index < -0.39 is 23.3 Å². The molecular formula is C19H28N4O3. The number of aryl methyl sites for hydroxylation is 1. The fourth-order valence-electron chi connectivity index (χ4n) is 2.93. The molecule has 0 aliphatic heterocycles. The molecule has 0 saturated carbocycles. The van der Waals surface area contributed by atoms with Crippen LogP contribution in [0.2, 0.25) is 0 Å². The molecule has 2 rings (SSSR count). The third-order valence-corrected chi connectivity index (χ3v) is 4.33. The third-order valence-electron chi connectivity index (χ3n) is 4.33. The summed E-state index contributed by atoms with van der Waals surface area (Å²) in [6.45, 7) is 6.38. The molecule has 0 radical (unpaired) electrons. The van der Waals surface area contributed by atoms with E-state index in [-0.39, 0.29) is 6.61 Å². The molecule has 142 valence electrons. The molecule has 0 aliphatic carbocycles. The van der Waals surface area contributed by atoms with Crippen LogP contribution in [0.4, 0.5) is 0 Å². The number of amides is 2. The zero-order valence-corrected chi connectivity index (χ0v) is 15.7. The summed E-state index contributed by atoms with van der Waals surface area (Å²) in [6, 6.07) is 6.73. The van der Waals surface area contributed by atoms with Crippen molar-refractivity contribution in [2.24, 2.45) is 11.1 Å². The second-order valence-electron chi connectivity index (χ2n) is 7.55. The fraction of sp³-hybridized carbons (Fsp3) is 0.526. The predicted octanol–water partition coefficient (Wildman–Crippen LogP) is 1.83. The van der Waals surface area contributed by atoms with Gasteiger partial charge in [0, 0.05) is 18.5 Å². The average Bonchev–Trinajstić information content (AvgIpc) is 2.94. The minimum absolute atomic E-state index is 0.175. The van der Waals surface area contributed by atoms with Crippen LogP contribution in [0.15, 0.2) is 24.3 Å². The number of aliphatic hydroxyl groups excluding tert-OH is 1. The number of aromatic nitrogens is 2. The molecule has 0 aliphatic rings. The fourth-order valence-corrected chi connectivity index (χ4v) is 2.93. The molecule has 1 atom stereocenters. The van der Waals surface area contributed by atoms with Gasteiger partial charge in [0.05, 0.1) is 5.52 Å². The van der Waals surface area contributed by atoms with Gasteiger partial charge in [-0.05, 0) is 30.7 Å². The van der Waals surface area contributed by atoms with Crippen LogP contribution in [-0.2, 0) is 11.3 Å². The molecule has 1 unspecified atom stereocenters. The Morgan fingerprint density at radius 2 is 1.92 bits per heavy atom. The Labute approximate surface area is 153 Å². The number of benzene rings is 1. The highest BCUT2D eigenvalue weighted by Crippen LogP contribution is 2.22. The van der Waals surface area contributed by atoms with Gasteiger partial charge in [0.15, 0.2) is 5.69 Å². The van der Waals surface area contributed by atoms with Gasteiger partial charge < -0.3 is 16.2 Å². The van der Waals surface area contributed by atoms with Crippen molar-refractivity contribution in [1.82, 2.24) is 15.1 Å². The summed E-state index contributed by atoms with van der Waals surface area (Å²) in [5.41, 5.74) is 6.12. The largest absolute Gasteiger partial charge is 0.396 e. The second-order valence-corrected chi connectivity index (χ2v) is 7.55. The van der Waals surface area contributed by atoms with Crippen LogP contribution < -0.4 is 11.1 Å². The number of nitrogens with one attached hydrogen (secondary N) is 1. The Morgan fingerprint density at radius 3 is 2.54 bits per heavy atom. The van der Waals surface area contributed by atoms with Crippen molar-refractivity contribution in [3.63, 3.8) is 0 Å². The minimum Gasteiger partial charge on any atom is -0.396 e. The lowest BCUT2D eigenvalue weighted by Gasteiger charge is -2.28. The maximum absolute atomic E-state index is 12.8. The molecule has 1 aromatic carbocycles. The molecule has 2 amide bonds. The Kier molecular flexibility index (Phi) is 6.37. The van der Waals surface area contributed by atoms with Crippen molar-refractivity contribution in [2.45, 2.75) is 52.6 Å². The van der Waals surface area contributed by atoms with Crippen molar-refractivity contribution in [2.75, 3.05) is 6.61 Å². The van der Waals surface area contributed by atoms with Crippen molar-refractivity contribution < 1.29 is 14.7 Å². The van der Waals surface area contributed by atoms with E-state index in [0.717, 1.165) is 30.2 Å². The highest BCUT2D eigenvalue weighted by Gasteiger charge is 2.32. The number of hydrogen-bond donors (Lipinski definition) is 3. The molecule has 0 saturated heterocycles. The zero-order valence-electron chi connectivity index (χ0n) is 15.7. The number of unbranched alkanes of at least 4 members (excludes halogenated alkanes) is 2. The molecule has 7 heteroatoms.